The molecular weight excluding hydrogens is 1090 g/mol. The highest BCUT2D eigenvalue weighted by Gasteiger charge is 2.41. The Morgan fingerprint density at radius 2 is 0.522 bits per heavy atom. The molecule has 4 heterocycles. The molecule has 0 N–H and O–H groups in total. The van der Waals surface area contributed by atoms with E-state index in [0.29, 0.717) is 17.5 Å². The Kier molecular flexibility index (Phi) is 10.3. The summed E-state index contributed by atoms with van der Waals surface area (Å²) in [6, 6.07) is 93.8. The Hall–Kier alpha value is -11.0. The second-order valence-corrected chi connectivity index (χ2v) is 26.7. The summed E-state index contributed by atoms with van der Waals surface area (Å²) in [6.07, 6.45) is 0. The maximum Gasteiger partial charge on any atom is 0.164 e. The van der Waals surface area contributed by atoms with Gasteiger partial charge in [-0.1, -0.05) is 224 Å². The van der Waals surface area contributed by atoms with Gasteiger partial charge in [-0.3, -0.25) is 0 Å². The smallest absolute Gasteiger partial charge is 0.164 e. The number of nitrogens with zero attached hydrogens (tertiary/aromatic N) is 6. The minimum atomic E-state index is -0.190. The number of aromatic nitrogens is 6. The Morgan fingerprint density at radius 3 is 0.833 bits per heavy atom. The van der Waals surface area contributed by atoms with Gasteiger partial charge < -0.3 is 13.7 Å². The van der Waals surface area contributed by atoms with E-state index in [2.05, 4.69) is 310 Å². The second kappa shape index (κ2) is 18.1. The molecule has 6 nitrogen and oxygen atoms in total. The first kappa shape index (κ1) is 51.1. The van der Waals surface area contributed by atoms with Crippen molar-refractivity contribution in [3.8, 4) is 84.6 Å². The van der Waals surface area contributed by atoms with Crippen LogP contribution in [0.1, 0.15) is 74.9 Å². The molecule has 0 radical (unpaired) electrons. The second-order valence-electron chi connectivity index (χ2n) is 26.7. The van der Waals surface area contributed by atoms with E-state index in [1.165, 1.54) is 116 Å². The molecule has 4 aromatic heterocycles. The van der Waals surface area contributed by atoms with Crippen molar-refractivity contribution in [3.05, 3.63) is 288 Å². The van der Waals surface area contributed by atoms with Crippen LogP contribution in [-0.2, 0) is 16.2 Å². The third kappa shape index (κ3) is 6.80. The molecule has 16 aromatic rings. The largest absolute Gasteiger partial charge is 0.309 e. The Labute approximate surface area is 521 Å². The molecule has 6 heteroatoms. The van der Waals surface area contributed by atoms with E-state index in [4.69, 9.17) is 15.0 Å². The van der Waals surface area contributed by atoms with Crippen molar-refractivity contribution >= 4 is 65.4 Å². The lowest BCUT2D eigenvalue weighted by atomic mass is 9.80. The van der Waals surface area contributed by atoms with Crippen molar-refractivity contribution in [1.82, 2.24) is 28.7 Å². The predicted octanol–water partition coefficient (Wildman–Crippen LogP) is 21.1. The summed E-state index contributed by atoms with van der Waals surface area (Å²) in [5.74, 6) is 1.78. The van der Waals surface area contributed by atoms with Crippen molar-refractivity contribution in [2.24, 2.45) is 0 Å². The minimum absolute atomic E-state index is 0.190. The van der Waals surface area contributed by atoms with Crippen molar-refractivity contribution in [2.75, 3.05) is 0 Å². The molecule has 0 bridgehead atoms. The quantitative estimate of drug-likeness (QED) is 0.167. The zero-order valence-corrected chi connectivity index (χ0v) is 50.9. The Bertz CT molecular complexity index is 5260. The third-order valence-corrected chi connectivity index (χ3v) is 20.8. The first-order valence-electron chi connectivity index (χ1n) is 31.5. The van der Waals surface area contributed by atoms with E-state index in [1.807, 2.05) is 0 Å². The minimum Gasteiger partial charge on any atom is -0.309 e. The topological polar surface area (TPSA) is 53.5 Å². The molecule has 3 aliphatic carbocycles. The van der Waals surface area contributed by atoms with E-state index in [-0.39, 0.29) is 16.2 Å². The van der Waals surface area contributed by atoms with Crippen molar-refractivity contribution in [1.29, 1.82) is 0 Å². The number of para-hydroxylation sites is 3. The summed E-state index contributed by atoms with van der Waals surface area (Å²) in [7, 11) is 0. The highest BCUT2D eigenvalue weighted by Crippen LogP contribution is 2.57. The molecule has 0 saturated heterocycles. The molecule has 0 aliphatic heterocycles. The van der Waals surface area contributed by atoms with E-state index < -0.39 is 0 Å². The lowest BCUT2D eigenvalue weighted by molar-refractivity contribution is 0.666. The van der Waals surface area contributed by atoms with E-state index in [1.54, 1.807) is 0 Å². The summed E-state index contributed by atoms with van der Waals surface area (Å²) in [6.45, 7) is 14.3. The summed E-state index contributed by atoms with van der Waals surface area (Å²) in [5, 5.41) is 7.60. The van der Waals surface area contributed by atoms with Crippen LogP contribution in [0.25, 0.3) is 150 Å². The first-order valence-corrected chi connectivity index (χ1v) is 31.5. The molecule has 0 amide bonds. The van der Waals surface area contributed by atoms with Gasteiger partial charge in [-0.15, -0.1) is 0 Å². The zero-order chi connectivity index (χ0) is 60.1. The molecule has 90 heavy (non-hydrogen) atoms. The average Bonchev–Trinajstić information content (AvgIpc) is 1.56. The van der Waals surface area contributed by atoms with Crippen molar-refractivity contribution < 1.29 is 0 Å². The van der Waals surface area contributed by atoms with Gasteiger partial charge in [0.05, 0.1) is 33.1 Å². The van der Waals surface area contributed by atoms with Gasteiger partial charge >= 0.3 is 0 Å². The lowest BCUT2D eigenvalue weighted by Gasteiger charge is -2.22. The van der Waals surface area contributed by atoms with Gasteiger partial charge in [-0.2, -0.15) is 0 Å². The summed E-state index contributed by atoms with van der Waals surface area (Å²) >= 11 is 0. The number of hydrogen-bond donors (Lipinski definition) is 0. The third-order valence-electron chi connectivity index (χ3n) is 20.8. The van der Waals surface area contributed by atoms with Crippen LogP contribution in [0.15, 0.2) is 255 Å². The molecule has 0 fully saturated rings. The van der Waals surface area contributed by atoms with Crippen molar-refractivity contribution in [3.63, 3.8) is 0 Å². The summed E-state index contributed by atoms with van der Waals surface area (Å²) in [4.78, 5) is 16.6. The average molecular weight is 1150 g/mol. The van der Waals surface area contributed by atoms with Gasteiger partial charge in [0.2, 0.25) is 0 Å². The highest BCUT2D eigenvalue weighted by atomic mass is 15.0. The number of rotatable bonds is 6. The van der Waals surface area contributed by atoms with Gasteiger partial charge in [0.25, 0.3) is 0 Å². The van der Waals surface area contributed by atoms with Gasteiger partial charge in [-0.05, 0) is 140 Å². The fourth-order valence-corrected chi connectivity index (χ4v) is 16.9. The lowest BCUT2D eigenvalue weighted by Crippen LogP contribution is -2.15. The van der Waals surface area contributed by atoms with E-state index in [0.717, 1.165) is 50.3 Å². The van der Waals surface area contributed by atoms with Gasteiger partial charge in [0, 0.05) is 82.3 Å². The van der Waals surface area contributed by atoms with Crippen molar-refractivity contribution in [2.45, 2.75) is 57.8 Å². The van der Waals surface area contributed by atoms with E-state index in [9.17, 15) is 0 Å². The van der Waals surface area contributed by atoms with Crippen LogP contribution in [0.5, 0.6) is 0 Å². The van der Waals surface area contributed by atoms with Crippen LogP contribution < -0.4 is 0 Å². The molecule has 0 unspecified atom stereocenters. The predicted molar refractivity (Wildman–Crippen MR) is 372 cm³/mol. The standard InChI is InChI=1S/C84H60N6/c1-82(2)64-34-13-7-28-55(64)58-40-43-70-73(76(58)82)61-31-10-16-37-67(61)88(70)52-25-19-22-49(46-52)79-85-80(50-23-20-26-53(47-50)89-68-38-17-11-32-62(68)74-71(89)44-41-59-56-29-8-14-35-65(56)83(3,4)77(59)74)87-81(86-79)51-24-21-27-54(48-51)90-69-39-18-12-33-63(69)75-72(90)45-42-60-57-30-9-15-36-66(57)84(5,6)78(60)75/h7-48H,1-6H3. The first-order chi connectivity index (χ1) is 43.9. The SMILES string of the molecule is CC1(C)c2ccccc2-c2ccc3c(c21)c1ccccc1n3-c1cccc(-c2nc(-c3cccc(-n4c5ccccc5c5c6c(ccc54)-c4ccccc4C6(C)C)c3)nc(-c3cccc(-n4c5ccccc5c5c6c(ccc54)-c4ccccc4C6(C)C)c3)n2)c1. The van der Waals surface area contributed by atoms with Crippen LogP contribution in [0.2, 0.25) is 0 Å². The molecule has 12 aromatic carbocycles. The Balaban J connectivity index is 0.808. The molecule has 0 atom stereocenters. The Morgan fingerprint density at radius 1 is 0.244 bits per heavy atom. The molecular formula is C84H60N6. The van der Waals surface area contributed by atoms with Gasteiger partial charge in [0.1, 0.15) is 0 Å². The fraction of sp³-hybridized carbons (Fsp3) is 0.107. The van der Waals surface area contributed by atoms with E-state index >= 15 is 0 Å². The van der Waals surface area contributed by atoms with Gasteiger partial charge in [0.15, 0.2) is 17.5 Å². The normalized spacial score (nSPS) is 14.6. The molecule has 0 saturated carbocycles. The fourth-order valence-electron chi connectivity index (χ4n) is 16.9. The van der Waals surface area contributed by atoms with Crippen LogP contribution >= 0.6 is 0 Å². The highest BCUT2D eigenvalue weighted by molar-refractivity contribution is 6.17. The van der Waals surface area contributed by atoms with Crippen LogP contribution in [0.4, 0.5) is 0 Å². The van der Waals surface area contributed by atoms with Crippen LogP contribution in [0.3, 0.4) is 0 Å². The van der Waals surface area contributed by atoms with Crippen LogP contribution in [0, 0.1) is 0 Å². The molecule has 0 spiro atoms. The molecule has 19 rings (SSSR count). The summed E-state index contributed by atoms with van der Waals surface area (Å²) < 4.78 is 7.31. The number of benzene rings is 12. The number of hydrogen-bond acceptors (Lipinski definition) is 3. The van der Waals surface area contributed by atoms with Crippen LogP contribution in [-0.4, -0.2) is 28.7 Å². The molecule has 3 aliphatic rings. The maximum atomic E-state index is 5.54. The number of fused-ring (bicyclic) bond motifs is 21. The maximum absolute atomic E-state index is 5.54. The monoisotopic (exact) mass is 1150 g/mol. The van der Waals surface area contributed by atoms with Gasteiger partial charge in [-0.25, -0.2) is 15.0 Å². The zero-order valence-electron chi connectivity index (χ0n) is 50.9. The summed E-state index contributed by atoms with van der Waals surface area (Å²) in [5.41, 5.74) is 28.3. The molecule has 426 valence electrons.